The number of sulfone groups is 1. The van der Waals surface area contributed by atoms with Crippen molar-refractivity contribution < 1.29 is 37.4 Å². The topological polar surface area (TPSA) is 120 Å². The van der Waals surface area contributed by atoms with Crippen molar-refractivity contribution >= 4 is 21.3 Å². The molecule has 0 saturated carbocycles. The van der Waals surface area contributed by atoms with Crippen LogP contribution in [0.2, 0.25) is 0 Å². The van der Waals surface area contributed by atoms with Gasteiger partial charge in [0.25, 0.3) is 5.91 Å². The molecule has 36 heavy (non-hydrogen) atoms. The van der Waals surface area contributed by atoms with E-state index in [0.717, 1.165) is 35.5 Å². The van der Waals surface area contributed by atoms with Gasteiger partial charge in [0, 0.05) is 24.8 Å². The van der Waals surface area contributed by atoms with Crippen LogP contribution in [0.5, 0.6) is 17.2 Å². The van der Waals surface area contributed by atoms with Gasteiger partial charge in [-0.25, -0.2) is 13.9 Å². The van der Waals surface area contributed by atoms with Crippen LogP contribution in [0.15, 0.2) is 53.4 Å². The van der Waals surface area contributed by atoms with E-state index in [2.05, 4.69) is 6.08 Å². The zero-order valence-corrected chi connectivity index (χ0v) is 21.6. The number of ether oxygens (including phenoxy) is 4. The van der Waals surface area contributed by atoms with Gasteiger partial charge in [-0.1, -0.05) is 6.08 Å². The van der Waals surface area contributed by atoms with Crippen LogP contribution in [-0.2, 0) is 19.4 Å². The predicted octanol–water partition coefficient (Wildman–Crippen LogP) is 3.79. The lowest BCUT2D eigenvalue weighted by Gasteiger charge is -2.34. The maximum atomic E-state index is 13.3. The van der Waals surface area contributed by atoms with Crippen molar-refractivity contribution in [3.63, 3.8) is 0 Å². The first-order valence-corrected chi connectivity index (χ1v) is 13.2. The summed E-state index contributed by atoms with van der Waals surface area (Å²) in [6, 6.07) is 11.7. The fourth-order valence-corrected chi connectivity index (χ4v) is 6.13. The Morgan fingerprint density at radius 1 is 1.08 bits per heavy atom. The Balaban J connectivity index is 1.59. The Bertz CT molecular complexity index is 1170. The molecule has 3 rings (SSSR count). The quantitative estimate of drug-likeness (QED) is 0.261. The normalized spacial score (nSPS) is 15.7. The maximum Gasteiger partial charge on any atom is 0.265 e. The molecule has 0 spiro atoms. The van der Waals surface area contributed by atoms with E-state index in [-0.39, 0.29) is 31.0 Å². The molecule has 196 valence electrons. The van der Waals surface area contributed by atoms with E-state index < -0.39 is 20.5 Å². The van der Waals surface area contributed by atoms with Gasteiger partial charge in [0.05, 0.1) is 25.7 Å². The second kappa shape index (κ2) is 12.2. The molecule has 2 aromatic rings. The summed E-state index contributed by atoms with van der Waals surface area (Å²) >= 11 is 0. The molecule has 0 aliphatic carbocycles. The highest BCUT2D eigenvalue weighted by atomic mass is 32.2. The Hall–Kier alpha value is -3.08. The summed E-state index contributed by atoms with van der Waals surface area (Å²) < 4.78 is 46.5. The van der Waals surface area contributed by atoms with Gasteiger partial charge in [-0.15, -0.1) is 0 Å². The molecule has 0 radical (unpaired) electrons. The van der Waals surface area contributed by atoms with Crippen LogP contribution in [0.25, 0.3) is 5.57 Å². The largest absolute Gasteiger partial charge is 0.497 e. The van der Waals surface area contributed by atoms with Gasteiger partial charge in [0.1, 0.15) is 17.2 Å². The summed E-state index contributed by atoms with van der Waals surface area (Å²) in [5.41, 5.74) is 3.59. The van der Waals surface area contributed by atoms with Crippen LogP contribution in [0.1, 0.15) is 38.2 Å². The average molecular weight is 520 g/mol. The van der Waals surface area contributed by atoms with Crippen LogP contribution < -0.4 is 19.7 Å². The molecule has 1 saturated heterocycles. The van der Waals surface area contributed by atoms with Gasteiger partial charge in [-0.05, 0) is 74.6 Å². The van der Waals surface area contributed by atoms with E-state index in [1.54, 1.807) is 26.4 Å². The predicted molar refractivity (Wildman–Crippen MR) is 134 cm³/mol. The first-order chi connectivity index (χ1) is 17.3. The fraction of sp³-hybridized carbons (Fsp3) is 0.423. The number of carbonyl (C=O) groups excluding carboxylic acids is 1. The molecule has 0 aromatic heterocycles. The number of methoxy groups -OCH3 is 2. The van der Waals surface area contributed by atoms with Crippen molar-refractivity contribution in [2.45, 2.75) is 42.2 Å². The first-order valence-electron chi connectivity index (χ1n) is 11.7. The minimum Gasteiger partial charge on any atom is -0.497 e. The van der Waals surface area contributed by atoms with Crippen molar-refractivity contribution in [2.24, 2.45) is 0 Å². The summed E-state index contributed by atoms with van der Waals surface area (Å²) in [5.74, 6) is 1.06. The number of hydrogen-bond donors (Lipinski definition) is 2. The molecular weight excluding hydrogens is 486 g/mol. The summed E-state index contributed by atoms with van der Waals surface area (Å²) in [5, 5.41) is 9.15. The molecule has 2 aromatic carbocycles. The number of allylic oxidation sites excluding steroid dienone is 2. The monoisotopic (exact) mass is 519 g/mol. The molecule has 1 aliphatic heterocycles. The highest BCUT2D eigenvalue weighted by Crippen LogP contribution is 2.36. The second-order valence-electron chi connectivity index (χ2n) is 8.47. The van der Waals surface area contributed by atoms with Crippen molar-refractivity contribution in [2.75, 3.05) is 34.0 Å². The molecule has 0 bridgehead atoms. The van der Waals surface area contributed by atoms with Crippen molar-refractivity contribution in [1.29, 1.82) is 0 Å². The summed E-state index contributed by atoms with van der Waals surface area (Å²) in [4.78, 5) is 12.3. The third-order valence-electron chi connectivity index (χ3n) is 6.37. The molecular formula is C26H33NO8S. The van der Waals surface area contributed by atoms with E-state index in [1.807, 2.05) is 25.1 Å². The standard InChI is InChI=1S/C26H33NO8S/c1-19(23-12-9-21(32-2)18-24(23)33-3)6-4-5-15-35-20-7-10-22(11-8-20)36(30,31)26(25(28)27-29)13-16-34-17-14-26/h6-12,18,29H,4-5,13-17H2,1-3H3,(H,27,28)/b19-6+. The molecule has 1 fully saturated rings. The zero-order chi connectivity index (χ0) is 26.2. The molecule has 2 N–H and O–H groups in total. The number of amides is 1. The lowest BCUT2D eigenvalue weighted by molar-refractivity contribution is -0.134. The molecule has 1 heterocycles. The Morgan fingerprint density at radius 2 is 1.75 bits per heavy atom. The molecule has 9 nitrogen and oxygen atoms in total. The fourth-order valence-electron chi connectivity index (χ4n) is 4.19. The molecule has 0 atom stereocenters. The van der Waals surface area contributed by atoms with Crippen LogP contribution in [-0.4, -0.2) is 58.3 Å². The lowest BCUT2D eigenvalue weighted by Crippen LogP contribution is -2.54. The Morgan fingerprint density at radius 3 is 2.36 bits per heavy atom. The van der Waals surface area contributed by atoms with E-state index >= 15 is 0 Å². The third-order valence-corrected chi connectivity index (χ3v) is 8.88. The van der Waals surface area contributed by atoms with Crippen molar-refractivity contribution in [3.05, 3.63) is 54.1 Å². The maximum absolute atomic E-state index is 13.3. The highest BCUT2D eigenvalue weighted by Gasteiger charge is 2.52. The second-order valence-corrected chi connectivity index (χ2v) is 10.7. The smallest absolute Gasteiger partial charge is 0.265 e. The van der Waals surface area contributed by atoms with Gasteiger partial charge in [0.15, 0.2) is 14.6 Å². The van der Waals surface area contributed by atoms with Crippen LogP contribution >= 0.6 is 0 Å². The SMILES string of the molecule is COc1ccc(/C(C)=C/CCCOc2ccc(S(=O)(=O)C3(C(=O)NO)CCOCC3)cc2)c(OC)c1. The molecule has 0 unspecified atom stereocenters. The van der Waals surface area contributed by atoms with Gasteiger partial charge in [-0.2, -0.15) is 0 Å². The van der Waals surface area contributed by atoms with Gasteiger partial charge in [0.2, 0.25) is 0 Å². The Labute approximate surface area is 211 Å². The average Bonchev–Trinajstić information content (AvgIpc) is 2.92. The summed E-state index contributed by atoms with van der Waals surface area (Å²) in [7, 11) is -0.822. The summed E-state index contributed by atoms with van der Waals surface area (Å²) in [6.45, 7) is 2.70. The van der Waals surface area contributed by atoms with Crippen LogP contribution in [0.3, 0.4) is 0 Å². The Kier molecular flexibility index (Phi) is 9.36. The minimum absolute atomic E-state index is 0.00709. The zero-order valence-electron chi connectivity index (χ0n) is 20.8. The number of hydrogen-bond acceptors (Lipinski definition) is 8. The third kappa shape index (κ3) is 5.83. The van der Waals surface area contributed by atoms with Crippen LogP contribution in [0.4, 0.5) is 0 Å². The number of unbranched alkanes of at least 4 members (excludes halogenated alkanes) is 1. The molecule has 1 amide bonds. The van der Waals surface area contributed by atoms with Crippen LogP contribution in [0, 0.1) is 0 Å². The molecule has 10 heteroatoms. The van der Waals surface area contributed by atoms with E-state index in [1.165, 1.54) is 17.6 Å². The van der Waals surface area contributed by atoms with E-state index in [4.69, 9.17) is 24.2 Å². The molecule has 1 aliphatic rings. The number of benzene rings is 2. The highest BCUT2D eigenvalue weighted by molar-refractivity contribution is 7.93. The number of hydroxylamine groups is 1. The van der Waals surface area contributed by atoms with Gasteiger partial charge in [-0.3, -0.25) is 10.0 Å². The van der Waals surface area contributed by atoms with Gasteiger partial charge >= 0.3 is 0 Å². The van der Waals surface area contributed by atoms with Crippen molar-refractivity contribution in [1.82, 2.24) is 5.48 Å². The first kappa shape index (κ1) is 27.5. The van der Waals surface area contributed by atoms with E-state index in [0.29, 0.717) is 12.4 Å². The van der Waals surface area contributed by atoms with Crippen molar-refractivity contribution in [3.8, 4) is 17.2 Å². The summed E-state index contributed by atoms with van der Waals surface area (Å²) in [6.07, 6.45) is 3.59. The van der Waals surface area contributed by atoms with E-state index in [9.17, 15) is 13.2 Å². The number of carbonyl (C=O) groups is 1. The number of nitrogens with one attached hydrogen (secondary N) is 1. The number of rotatable bonds is 11. The minimum atomic E-state index is -4.06. The van der Waals surface area contributed by atoms with Gasteiger partial charge < -0.3 is 18.9 Å². The lowest BCUT2D eigenvalue weighted by atomic mass is 9.98.